The summed E-state index contributed by atoms with van der Waals surface area (Å²) < 4.78 is 21.5. The second kappa shape index (κ2) is 6.87. The van der Waals surface area contributed by atoms with Crippen molar-refractivity contribution in [1.29, 1.82) is 0 Å². The van der Waals surface area contributed by atoms with Crippen molar-refractivity contribution in [2.75, 3.05) is 5.32 Å². The van der Waals surface area contributed by atoms with E-state index in [4.69, 9.17) is 4.74 Å². The Kier molecular flexibility index (Phi) is 4.42. The molecule has 1 amide bonds. The fourth-order valence-electron chi connectivity index (χ4n) is 2.89. The number of nitrogens with zero attached hydrogens (tertiary/aromatic N) is 3. The Labute approximate surface area is 157 Å². The molecule has 1 atom stereocenters. The highest BCUT2D eigenvalue weighted by Crippen LogP contribution is 2.33. The number of ether oxygens (including phenoxy) is 1. The van der Waals surface area contributed by atoms with Crippen LogP contribution in [0.15, 0.2) is 53.3 Å². The maximum atomic E-state index is 13.2. The highest BCUT2D eigenvalue weighted by Gasteiger charge is 2.28. The van der Waals surface area contributed by atoms with Crippen LogP contribution in [0.2, 0.25) is 0 Å². The average Bonchev–Trinajstić information content (AvgIpc) is 3.08. The van der Waals surface area contributed by atoms with Gasteiger partial charge >= 0.3 is 0 Å². The van der Waals surface area contributed by atoms with Gasteiger partial charge in [0.05, 0.1) is 16.9 Å². The molecule has 0 unspecified atom stereocenters. The molecule has 132 valence electrons. The zero-order valence-corrected chi connectivity index (χ0v) is 15.1. The van der Waals surface area contributed by atoms with E-state index in [0.29, 0.717) is 11.7 Å². The number of benzene rings is 2. The molecule has 0 saturated carbocycles. The number of amides is 1. The summed E-state index contributed by atoms with van der Waals surface area (Å²) in [5, 5.41) is 6.89. The monoisotopic (exact) mass is 416 g/mol. The molecule has 1 aliphatic heterocycles. The van der Waals surface area contributed by atoms with Crippen LogP contribution in [0.1, 0.15) is 23.6 Å². The number of hydrogen-bond acceptors (Lipinski definition) is 4. The van der Waals surface area contributed by atoms with Crippen LogP contribution >= 0.6 is 15.9 Å². The van der Waals surface area contributed by atoms with Crippen LogP contribution in [-0.2, 0) is 11.4 Å². The lowest BCUT2D eigenvalue weighted by Gasteiger charge is -2.24. The van der Waals surface area contributed by atoms with Crippen molar-refractivity contribution in [3.05, 3.63) is 70.2 Å². The maximum Gasteiger partial charge on any atom is 0.229 e. The van der Waals surface area contributed by atoms with Crippen LogP contribution in [0.4, 0.5) is 10.3 Å². The number of halogens is 2. The molecule has 4 rings (SSSR count). The van der Waals surface area contributed by atoms with E-state index in [2.05, 4.69) is 31.3 Å². The number of rotatable bonds is 4. The molecule has 1 aliphatic rings. The first-order chi connectivity index (χ1) is 12.6. The molecular formula is C18H14BrFN4O2. The zero-order chi connectivity index (χ0) is 18.1. The van der Waals surface area contributed by atoms with Crippen LogP contribution in [-0.4, -0.2) is 20.7 Å². The summed E-state index contributed by atoms with van der Waals surface area (Å²) in [6.45, 7) is 0.259. The minimum Gasteiger partial charge on any atom is -0.488 e. The topological polar surface area (TPSA) is 69.0 Å². The minimum absolute atomic E-state index is 0.0990. The summed E-state index contributed by atoms with van der Waals surface area (Å²) >= 11 is 3.50. The molecule has 8 heteroatoms. The Bertz CT molecular complexity index is 975. The standard InChI is InChI=1S/C18H14BrFN4O2/c19-14-7-12(15-8-17(25)23-18-21-10-22-24(15)18)4-5-16(14)26-9-11-2-1-3-13(20)6-11/h1-7,10,15H,8-9H2,(H,21,22,23,25)/t15-/m1/s1. The van der Waals surface area contributed by atoms with Gasteiger partial charge in [0.15, 0.2) is 0 Å². The van der Waals surface area contributed by atoms with Crippen LogP contribution in [0, 0.1) is 5.82 Å². The third-order valence-corrected chi connectivity index (χ3v) is 4.74. The van der Waals surface area contributed by atoms with Crippen molar-refractivity contribution in [2.24, 2.45) is 0 Å². The molecular weight excluding hydrogens is 403 g/mol. The third-order valence-electron chi connectivity index (χ3n) is 4.12. The Morgan fingerprint density at radius 2 is 2.19 bits per heavy atom. The lowest BCUT2D eigenvalue weighted by atomic mass is 10.0. The highest BCUT2D eigenvalue weighted by atomic mass is 79.9. The molecule has 3 aromatic rings. The molecule has 0 radical (unpaired) electrons. The van der Waals surface area contributed by atoms with Gasteiger partial charge in [-0.1, -0.05) is 18.2 Å². The Balaban J connectivity index is 1.54. The van der Waals surface area contributed by atoms with Gasteiger partial charge in [-0.25, -0.2) is 9.07 Å². The SMILES string of the molecule is O=C1C[C@H](c2ccc(OCc3cccc(F)c3)c(Br)c2)n2ncnc2N1. The second-order valence-electron chi connectivity index (χ2n) is 5.90. The Hall–Kier alpha value is -2.74. The number of hydrogen-bond donors (Lipinski definition) is 1. The van der Waals surface area contributed by atoms with Gasteiger partial charge in [0.25, 0.3) is 0 Å². The lowest BCUT2D eigenvalue weighted by molar-refractivity contribution is -0.117. The molecule has 0 spiro atoms. The number of fused-ring (bicyclic) bond motifs is 1. The van der Waals surface area contributed by atoms with Gasteiger partial charge < -0.3 is 4.74 Å². The molecule has 2 heterocycles. The van der Waals surface area contributed by atoms with Crippen molar-refractivity contribution in [1.82, 2.24) is 14.8 Å². The lowest BCUT2D eigenvalue weighted by Crippen LogP contribution is -2.29. The maximum absolute atomic E-state index is 13.2. The quantitative estimate of drug-likeness (QED) is 0.703. The van der Waals surface area contributed by atoms with Crippen LogP contribution in [0.5, 0.6) is 5.75 Å². The number of nitrogens with one attached hydrogen (secondary N) is 1. The third kappa shape index (κ3) is 3.32. The van der Waals surface area contributed by atoms with E-state index in [-0.39, 0.29) is 30.8 Å². The van der Waals surface area contributed by atoms with Gasteiger partial charge in [0.1, 0.15) is 24.5 Å². The minimum atomic E-state index is -0.292. The predicted octanol–water partition coefficient (Wildman–Crippen LogP) is 3.69. The largest absolute Gasteiger partial charge is 0.488 e. The van der Waals surface area contributed by atoms with Crippen molar-refractivity contribution in [2.45, 2.75) is 19.1 Å². The van der Waals surface area contributed by atoms with E-state index < -0.39 is 0 Å². The summed E-state index contributed by atoms with van der Waals surface area (Å²) in [6.07, 6.45) is 1.70. The molecule has 0 aliphatic carbocycles. The van der Waals surface area contributed by atoms with Crippen LogP contribution in [0.3, 0.4) is 0 Å². The first-order valence-electron chi connectivity index (χ1n) is 7.96. The van der Waals surface area contributed by atoms with Crippen molar-refractivity contribution in [3.8, 4) is 5.75 Å². The van der Waals surface area contributed by atoms with Gasteiger partial charge in [-0.15, -0.1) is 0 Å². The van der Waals surface area contributed by atoms with Gasteiger partial charge in [0.2, 0.25) is 11.9 Å². The van der Waals surface area contributed by atoms with E-state index in [0.717, 1.165) is 15.6 Å². The first-order valence-corrected chi connectivity index (χ1v) is 8.75. The molecule has 1 aromatic heterocycles. The fourth-order valence-corrected chi connectivity index (χ4v) is 3.40. The average molecular weight is 417 g/mol. The fraction of sp³-hybridized carbons (Fsp3) is 0.167. The number of carbonyl (C=O) groups is 1. The van der Waals surface area contributed by atoms with Gasteiger partial charge in [-0.3, -0.25) is 10.1 Å². The number of anilines is 1. The summed E-state index contributed by atoms with van der Waals surface area (Å²) in [7, 11) is 0. The molecule has 0 saturated heterocycles. The first kappa shape index (κ1) is 16.7. The molecule has 0 bridgehead atoms. The van der Waals surface area contributed by atoms with Gasteiger partial charge in [-0.05, 0) is 51.3 Å². The van der Waals surface area contributed by atoms with Gasteiger partial charge in [-0.2, -0.15) is 10.1 Å². The number of carbonyl (C=O) groups excluding carboxylic acids is 1. The second-order valence-corrected chi connectivity index (χ2v) is 6.76. The molecule has 6 nitrogen and oxygen atoms in total. The van der Waals surface area contributed by atoms with Crippen LogP contribution < -0.4 is 10.1 Å². The van der Waals surface area contributed by atoms with E-state index in [1.807, 2.05) is 18.2 Å². The van der Waals surface area contributed by atoms with E-state index in [1.165, 1.54) is 18.5 Å². The molecule has 0 fully saturated rings. The van der Waals surface area contributed by atoms with E-state index in [1.54, 1.807) is 16.8 Å². The van der Waals surface area contributed by atoms with Crippen molar-refractivity contribution < 1.29 is 13.9 Å². The molecule has 2 aromatic carbocycles. The normalized spacial score (nSPS) is 16.1. The molecule has 26 heavy (non-hydrogen) atoms. The summed E-state index contributed by atoms with van der Waals surface area (Å²) in [6, 6.07) is 11.7. The van der Waals surface area contributed by atoms with Crippen LogP contribution in [0.25, 0.3) is 0 Å². The smallest absolute Gasteiger partial charge is 0.229 e. The van der Waals surface area contributed by atoms with Gasteiger partial charge in [0, 0.05) is 0 Å². The highest BCUT2D eigenvalue weighted by molar-refractivity contribution is 9.10. The number of aromatic nitrogens is 3. The Morgan fingerprint density at radius 3 is 3.00 bits per heavy atom. The predicted molar refractivity (Wildman–Crippen MR) is 96.3 cm³/mol. The summed E-state index contributed by atoms with van der Waals surface area (Å²) in [5.74, 6) is 0.684. The van der Waals surface area contributed by atoms with E-state index >= 15 is 0 Å². The summed E-state index contributed by atoms with van der Waals surface area (Å²) in [4.78, 5) is 15.9. The molecule has 1 N–H and O–H groups in total. The van der Waals surface area contributed by atoms with E-state index in [9.17, 15) is 9.18 Å². The van der Waals surface area contributed by atoms with Crippen molar-refractivity contribution >= 4 is 27.8 Å². The van der Waals surface area contributed by atoms with Crippen molar-refractivity contribution in [3.63, 3.8) is 0 Å². The summed E-state index contributed by atoms with van der Waals surface area (Å²) in [5.41, 5.74) is 1.66. The Morgan fingerprint density at radius 1 is 1.31 bits per heavy atom. The zero-order valence-electron chi connectivity index (χ0n) is 13.5.